The zero-order valence-corrected chi connectivity index (χ0v) is 11.8. The molecule has 19 heavy (non-hydrogen) atoms. The first kappa shape index (κ1) is 14.5. The molecule has 0 aromatic carbocycles. The van der Waals surface area contributed by atoms with E-state index in [4.69, 9.17) is 9.52 Å². The molecule has 2 heterocycles. The molecule has 1 aliphatic rings. The maximum atomic E-state index is 12.1. The van der Waals surface area contributed by atoms with Gasteiger partial charge >= 0.3 is 0 Å². The first-order valence-corrected chi connectivity index (χ1v) is 7.86. The lowest BCUT2D eigenvalue weighted by Gasteiger charge is -2.30. The van der Waals surface area contributed by atoms with Crippen LogP contribution in [0.2, 0.25) is 0 Å². The van der Waals surface area contributed by atoms with Crippen molar-refractivity contribution in [2.24, 2.45) is 5.92 Å². The van der Waals surface area contributed by atoms with Gasteiger partial charge in [-0.2, -0.15) is 17.4 Å². The summed E-state index contributed by atoms with van der Waals surface area (Å²) < 4.78 is 33.4. The van der Waals surface area contributed by atoms with Gasteiger partial charge in [0.15, 0.2) is 0 Å². The molecule has 0 unspecified atom stereocenters. The smallest absolute Gasteiger partial charge is 0.279 e. The minimum atomic E-state index is -3.46. The van der Waals surface area contributed by atoms with E-state index in [9.17, 15) is 8.42 Å². The molecule has 1 aromatic heterocycles. The SMILES string of the molecule is Cc1ccc(CNS(=O)(=O)N2CCC(CO)CC2)o1. The van der Waals surface area contributed by atoms with Crippen LogP contribution in [0.15, 0.2) is 16.5 Å². The lowest BCUT2D eigenvalue weighted by Crippen LogP contribution is -2.45. The molecule has 1 aliphatic heterocycles. The van der Waals surface area contributed by atoms with E-state index in [2.05, 4.69) is 4.72 Å². The fraction of sp³-hybridized carbons (Fsp3) is 0.667. The van der Waals surface area contributed by atoms with Crippen LogP contribution in [0.1, 0.15) is 24.4 Å². The van der Waals surface area contributed by atoms with Crippen molar-refractivity contribution >= 4 is 10.2 Å². The monoisotopic (exact) mass is 288 g/mol. The van der Waals surface area contributed by atoms with Crippen LogP contribution < -0.4 is 4.72 Å². The lowest BCUT2D eigenvalue weighted by molar-refractivity contribution is 0.169. The van der Waals surface area contributed by atoms with Gasteiger partial charge in [0.2, 0.25) is 0 Å². The summed E-state index contributed by atoms with van der Waals surface area (Å²) in [6.07, 6.45) is 1.41. The van der Waals surface area contributed by atoms with Gasteiger partial charge in [-0.15, -0.1) is 0 Å². The van der Waals surface area contributed by atoms with Crippen LogP contribution in [-0.2, 0) is 16.8 Å². The maximum Gasteiger partial charge on any atom is 0.279 e. The van der Waals surface area contributed by atoms with Gasteiger partial charge in [-0.05, 0) is 37.8 Å². The molecule has 2 rings (SSSR count). The second kappa shape index (κ2) is 6.04. The van der Waals surface area contributed by atoms with Gasteiger partial charge in [0.1, 0.15) is 11.5 Å². The van der Waals surface area contributed by atoms with E-state index in [-0.39, 0.29) is 19.1 Å². The first-order chi connectivity index (χ1) is 9.01. The third kappa shape index (κ3) is 3.79. The van der Waals surface area contributed by atoms with Crippen molar-refractivity contribution in [1.82, 2.24) is 9.03 Å². The van der Waals surface area contributed by atoms with Crippen molar-refractivity contribution in [1.29, 1.82) is 0 Å². The molecule has 7 heteroatoms. The van der Waals surface area contributed by atoms with Gasteiger partial charge in [-0.25, -0.2) is 0 Å². The highest BCUT2D eigenvalue weighted by Crippen LogP contribution is 2.18. The van der Waals surface area contributed by atoms with Crippen molar-refractivity contribution in [3.63, 3.8) is 0 Å². The predicted octanol–water partition coefficient (Wildman–Crippen LogP) is 0.627. The molecule has 1 saturated heterocycles. The van der Waals surface area contributed by atoms with Gasteiger partial charge in [0.05, 0.1) is 6.54 Å². The Balaban J connectivity index is 1.88. The summed E-state index contributed by atoms with van der Waals surface area (Å²) in [6.45, 7) is 3.02. The Morgan fingerprint density at radius 3 is 2.63 bits per heavy atom. The highest BCUT2D eigenvalue weighted by molar-refractivity contribution is 7.87. The summed E-state index contributed by atoms with van der Waals surface area (Å²) in [6, 6.07) is 3.56. The summed E-state index contributed by atoms with van der Waals surface area (Å²) in [5.74, 6) is 1.59. The number of hydrogen-bond acceptors (Lipinski definition) is 4. The number of aliphatic hydroxyl groups is 1. The van der Waals surface area contributed by atoms with Gasteiger partial charge in [0, 0.05) is 19.7 Å². The molecule has 0 aliphatic carbocycles. The second-order valence-corrected chi connectivity index (χ2v) is 6.62. The number of rotatable bonds is 5. The van der Waals surface area contributed by atoms with E-state index in [1.165, 1.54) is 4.31 Å². The van der Waals surface area contributed by atoms with Crippen LogP contribution in [0.5, 0.6) is 0 Å². The molecule has 0 spiro atoms. The zero-order valence-electron chi connectivity index (χ0n) is 11.0. The fourth-order valence-electron chi connectivity index (χ4n) is 2.17. The Kier molecular flexibility index (Phi) is 4.62. The Labute approximate surface area is 113 Å². The van der Waals surface area contributed by atoms with E-state index in [1.54, 1.807) is 12.1 Å². The minimum absolute atomic E-state index is 0.132. The highest BCUT2D eigenvalue weighted by Gasteiger charge is 2.27. The average Bonchev–Trinajstić information content (AvgIpc) is 2.82. The van der Waals surface area contributed by atoms with Gasteiger partial charge in [-0.3, -0.25) is 0 Å². The van der Waals surface area contributed by atoms with Crippen molar-refractivity contribution < 1.29 is 17.9 Å². The molecule has 0 atom stereocenters. The topological polar surface area (TPSA) is 82.8 Å². The Bertz CT molecular complexity index is 504. The third-order valence-electron chi connectivity index (χ3n) is 3.40. The summed E-state index contributed by atoms with van der Waals surface area (Å²) in [7, 11) is -3.46. The van der Waals surface area contributed by atoms with E-state index >= 15 is 0 Å². The van der Waals surface area contributed by atoms with Crippen molar-refractivity contribution in [3.8, 4) is 0 Å². The minimum Gasteiger partial charge on any atom is -0.465 e. The van der Waals surface area contributed by atoms with Gasteiger partial charge in [0.25, 0.3) is 10.2 Å². The van der Waals surface area contributed by atoms with E-state index in [0.29, 0.717) is 31.7 Å². The molecule has 2 N–H and O–H groups in total. The summed E-state index contributed by atoms with van der Waals surface area (Å²) in [4.78, 5) is 0. The van der Waals surface area contributed by atoms with Crippen LogP contribution in [0.25, 0.3) is 0 Å². The van der Waals surface area contributed by atoms with Crippen LogP contribution in [0.3, 0.4) is 0 Å². The number of piperidine rings is 1. The van der Waals surface area contributed by atoms with E-state index in [1.807, 2.05) is 6.92 Å². The van der Waals surface area contributed by atoms with Crippen LogP contribution in [0, 0.1) is 12.8 Å². The summed E-state index contributed by atoms with van der Waals surface area (Å²) >= 11 is 0. The van der Waals surface area contributed by atoms with Gasteiger partial charge < -0.3 is 9.52 Å². The second-order valence-electron chi connectivity index (χ2n) is 4.86. The lowest BCUT2D eigenvalue weighted by atomic mass is 10.00. The normalized spacial score (nSPS) is 18.8. The Morgan fingerprint density at radius 1 is 1.42 bits per heavy atom. The van der Waals surface area contributed by atoms with E-state index in [0.717, 1.165) is 5.76 Å². The molecule has 0 amide bonds. The molecule has 6 nitrogen and oxygen atoms in total. The van der Waals surface area contributed by atoms with Crippen LogP contribution in [-0.4, -0.2) is 37.5 Å². The molecular weight excluding hydrogens is 268 g/mol. The fourth-order valence-corrected chi connectivity index (χ4v) is 3.36. The number of furan rings is 1. The van der Waals surface area contributed by atoms with Crippen molar-refractivity contribution in [2.45, 2.75) is 26.3 Å². The predicted molar refractivity (Wildman–Crippen MR) is 70.6 cm³/mol. The Hall–Kier alpha value is -0.890. The van der Waals surface area contributed by atoms with Gasteiger partial charge in [-0.1, -0.05) is 0 Å². The highest BCUT2D eigenvalue weighted by atomic mass is 32.2. The standard InChI is InChI=1S/C12H20N2O4S/c1-10-2-3-12(18-10)8-13-19(16,17)14-6-4-11(9-15)5-7-14/h2-3,11,13,15H,4-9H2,1H3. The number of nitrogens with zero attached hydrogens (tertiary/aromatic N) is 1. The number of hydrogen-bond donors (Lipinski definition) is 2. The molecule has 0 radical (unpaired) electrons. The number of aryl methyl sites for hydroxylation is 1. The number of nitrogens with one attached hydrogen (secondary N) is 1. The van der Waals surface area contributed by atoms with Crippen molar-refractivity contribution in [2.75, 3.05) is 19.7 Å². The zero-order chi connectivity index (χ0) is 13.9. The molecule has 0 saturated carbocycles. The van der Waals surface area contributed by atoms with Crippen LogP contribution in [0.4, 0.5) is 0 Å². The summed E-state index contributed by atoms with van der Waals surface area (Å²) in [5, 5.41) is 9.04. The quantitative estimate of drug-likeness (QED) is 0.832. The molecule has 1 fully saturated rings. The first-order valence-electron chi connectivity index (χ1n) is 6.42. The number of aliphatic hydroxyl groups excluding tert-OH is 1. The largest absolute Gasteiger partial charge is 0.465 e. The third-order valence-corrected chi connectivity index (χ3v) is 4.95. The Morgan fingerprint density at radius 2 is 2.11 bits per heavy atom. The van der Waals surface area contributed by atoms with Crippen LogP contribution >= 0.6 is 0 Å². The molecular formula is C12H20N2O4S. The summed E-state index contributed by atoms with van der Waals surface area (Å²) in [5.41, 5.74) is 0. The van der Waals surface area contributed by atoms with E-state index < -0.39 is 10.2 Å². The average molecular weight is 288 g/mol. The van der Waals surface area contributed by atoms with Crippen molar-refractivity contribution in [3.05, 3.63) is 23.7 Å². The molecule has 1 aromatic rings. The molecule has 0 bridgehead atoms. The molecule has 108 valence electrons. The maximum absolute atomic E-state index is 12.1.